The summed E-state index contributed by atoms with van der Waals surface area (Å²) < 4.78 is 7.94. The van der Waals surface area contributed by atoms with Gasteiger partial charge in [0.05, 0.1) is 11.8 Å². The fourth-order valence-electron chi connectivity index (χ4n) is 3.89. The van der Waals surface area contributed by atoms with E-state index in [4.69, 9.17) is 4.42 Å². The molecule has 0 N–H and O–H groups in total. The van der Waals surface area contributed by atoms with Crippen molar-refractivity contribution in [1.29, 1.82) is 5.26 Å². The lowest BCUT2D eigenvalue weighted by molar-refractivity contribution is 0.218. The van der Waals surface area contributed by atoms with E-state index in [1.165, 1.54) is 10.4 Å². The SMILES string of the molecule is CC(C)(C)[C@H]1CCc2c(sc(N=Cc3ccc(-c4cc(Br)ccc4Br)o3)c2C#N)C1. The van der Waals surface area contributed by atoms with Crippen molar-refractivity contribution in [3.8, 4) is 17.4 Å². The molecule has 1 aliphatic carbocycles. The summed E-state index contributed by atoms with van der Waals surface area (Å²) in [6.07, 6.45) is 4.85. The van der Waals surface area contributed by atoms with E-state index in [0.717, 1.165) is 50.1 Å². The van der Waals surface area contributed by atoms with Crippen molar-refractivity contribution < 1.29 is 4.42 Å². The summed E-state index contributed by atoms with van der Waals surface area (Å²) in [6.45, 7) is 6.91. The van der Waals surface area contributed by atoms with Crippen LogP contribution in [0.5, 0.6) is 0 Å². The second kappa shape index (κ2) is 8.45. The molecule has 30 heavy (non-hydrogen) atoms. The Morgan fingerprint density at radius 1 is 1.23 bits per heavy atom. The molecule has 1 atom stereocenters. The van der Waals surface area contributed by atoms with Gasteiger partial charge in [-0.2, -0.15) is 5.26 Å². The number of hydrogen-bond donors (Lipinski definition) is 0. The summed E-state index contributed by atoms with van der Waals surface area (Å²) in [5.74, 6) is 2.08. The van der Waals surface area contributed by atoms with Crippen LogP contribution in [0.2, 0.25) is 0 Å². The molecule has 4 rings (SSSR count). The van der Waals surface area contributed by atoms with E-state index in [0.29, 0.717) is 11.7 Å². The molecule has 3 nitrogen and oxygen atoms in total. The third kappa shape index (κ3) is 4.34. The molecule has 2 heterocycles. The zero-order valence-corrected chi connectivity index (χ0v) is 21.1. The minimum Gasteiger partial charge on any atom is -0.455 e. The highest BCUT2D eigenvalue weighted by atomic mass is 79.9. The van der Waals surface area contributed by atoms with Crippen LogP contribution in [0.1, 0.15) is 49.0 Å². The van der Waals surface area contributed by atoms with E-state index in [-0.39, 0.29) is 5.41 Å². The topological polar surface area (TPSA) is 49.3 Å². The summed E-state index contributed by atoms with van der Waals surface area (Å²) >= 11 is 8.73. The highest BCUT2D eigenvalue weighted by Crippen LogP contribution is 2.45. The molecule has 0 radical (unpaired) electrons. The Balaban J connectivity index is 1.60. The van der Waals surface area contributed by atoms with Gasteiger partial charge in [-0.3, -0.25) is 0 Å². The predicted octanol–water partition coefficient (Wildman–Crippen LogP) is 8.31. The standard InChI is InChI=1S/C24H22Br2N2OS/c1-24(2,3)14-4-7-17-19(12-27)23(30-22(17)10-14)28-13-16-6-9-21(29-16)18-11-15(25)5-8-20(18)26/h5-6,8-9,11,13-14H,4,7,10H2,1-3H3/t14-/m0/s1. The van der Waals surface area contributed by atoms with Crippen LogP contribution in [0.3, 0.4) is 0 Å². The number of fused-ring (bicyclic) bond motifs is 1. The molecular weight excluding hydrogens is 524 g/mol. The summed E-state index contributed by atoms with van der Waals surface area (Å²) in [5, 5.41) is 10.5. The van der Waals surface area contributed by atoms with E-state index in [1.807, 2.05) is 30.3 Å². The molecule has 0 unspecified atom stereocenters. The highest BCUT2D eigenvalue weighted by Gasteiger charge is 2.32. The Morgan fingerprint density at radius 3 is 2.77 bits per heavy atom. The van der Waals surface area contributed by atoms with Crippen molar-refractivity contribution in [2.45, 2.75) is 40.0 Å². The van der Waals surface area contributed by atoms with Crippen molar-refractivity contribution in [2.24, 2.45) is 16.3 Å². The highest BCUT2D eigenvalue weighted by molar-refractivity contribution is 9.11. The quantitative estimate of drug-likeness (QED) is 0.311. The number of rotatable bonds is 3. The van der Waals surface area contributed by atoms with Crippen LogP contribution >= 0.6 is 43.2 Å². The van der Waals surface area contributed by atoms with Gasteiger partial charge >= 0.3 is 0 Å². The van der Waals surface area contributed by atoms with Crippen molar-refractivity contribution in [3.05, 3.63) is 61.0 Å². The number of halogens is 2. The van der Waals surface area contributed by atoms with Crippen molar-refractivity contribution in [1.82, 2.24) is 0 Å². The van der Waals surface area contributed by atoms with Crippen LogP contribution < -0.4 is 0 Å². The van der Waals surface area contributed by atoms with Gasteiger partial charge < -0.3 is 4.42 Å². The Labute approximate surface area is 198 Å². The molecule has 3 aromatic rings. The number of benzene rings is 1. The fraction of sp³-hybridized carbons (Fsp3) is 0.333. The van der Waals surface area contributed by atoms with E-state index in [2.05, 4.69) is 63.7 Å². The summed E-state index contributed by atoms with van der Waals surface area (Å²) in [6, 6.07) is 12.2. The first kappa shape index (κ1) is 21.5. The molecule has 0 bridgehead atoms. The smallest absolute Gasteiger partial charge is 0.145 e. The largest absolute Gasteiger partial charge is 0.455 e. The fourth-order valence-corrected chi connectivity index (χ4v) is 5.92. The molecule has 1 aromatic carbocycles. The van der Waals surface area contributed by atoms with E-state index < -0.39 is 0 Å². The normalized spacial score (nSPS) is 16.6. The number of aliphatic imine (C=N–C) groups is 1. The molecule has 0 amide bonds. The Bertz CT molecular complexity index is 1160. The van der Waals surface area contributed by atoms with Crippen LogP contribution in [0.25, 0.3) is 11.3 Å². The summed E-state index contributed by atoms with van der Waals surface area (Å²) in [5.41, 5.74) is 3.19. The number of nitriles is 1. The number of hydrogen-bond acceptors (Lipinski definition) is 4. The van der Waals surface area contributed by atoms with Crippen molar-refractivity contribution in [2.75, 3.05) is 0 Å². The number of furan rings is 1. The molecule has 2 aromatic heterocycles. The van der Waals surface area contributed by atoms with Crippen LogP contribution in [-0.4, -0.2) is 6.21 Å². The van der Waals surface area contributed by atoms with Gasteiger partial charge in [-0.05, 0) is 66.5 Å². The maximum Gasteiger partial charge on any atom is 0.145 e. The van der Waals surface area contributed by atoms with Gasteiger partial charge in [0.15, 0.2) is 0 Å². The lowest BCUT2D eigenvalue weighted by Crippen LogP contribution is -2.26. The van der Waals surface area contributed by atoms with Gasteiger partial charge in [-0.25, -0.2) is 4.99 Å². The van der Waals surface area contributed by atoms with Crippen LogP contribution in [-0.2, 0) is 12.8 Å². The van der Waals surface area contributed by atoms with Crippen LogP contribution in [0, 0.1) is 22.7 Å². The maximum absolute atomic E-state index is 9.75. The minimum atomic E-state index is 0.281. The van der Waals surface area contributed by atoms with Gasteiger partial charge in [0.2, 0.25) is 0 Å². The Kier molecular flexibility index (Phi) is 6.07. The molecule has 154 valence electrons. The lowest BCUT2D eigenvalue weighted by atomic mass is 9.72. The third-order valence-corrected chi connectivity index (χ3v) is 8.06. The molecule has 1 aliphatic rings. The predicted molar refractivity (Wildman–Crippen MR) is 131 cm³/mol. The van der Waals surface area contributed by atoms with E-state index in [1.54, 1.807) is 17.6 Å². The molecule has 0 fully saturated rings. The van der Waals surface area contributed by atoms with Crippen LogP contribution in [0.4, 0.5) is 5.00 Å². The van der Waals surface area contributed by atoms with Crippen molar-refractivity contribution in [3.63, 3.8) is 0 Å². The average molecular weight is 546 g/mol. The molecule has 0 spiro atoms. The van der Waals surface area contributed by atoms with Gasteiger partial charge in [-0.1, -0.05) is 52.6 Å². The summed E-state index contributed by atoms with van der Waals surface area (Å²) in [4.78, 5) is 5.97. The molecular formula is C24H22Br2N2OS. The lowest BCUT2D eigenvalue weighted by Gasteiger charge is -2.33. The zero-order chi connectivity index (χ0) is 21.5. The first-order chi connectivity index (χ1) is 14.3. The molecule has 0 aliphatic heterocycles. The summed E-state index contributed by atoms with van der Waals surface area (Å²) in [7, 11) is 0. The van der Waals surface area contributed by atoms with Gasteiger partial charge in [0, 0.05) is 19.4 Å². The minimum absolute atomic E-state index is 0.281. The third-order valence-electron chi connectivity index (χ3n) is 5.71. The number of thiophene rings is 1. The first-order valence-electron chi connectivity index (χ1n) is 9.90. The zero-order valence-electron chi connectivity index (χ0n) is 17.1. The van der Waals surface area contributed by atoms with Gasteiger partial charge in [0.1, 0.15) is 22.6 Å². The monoisotopic (exact) mass is 544 g/mol. The molecule has 0 saturated heterocycles. The second-order valence-corrected chi connectivity index (χ2v) is 11.5. The van der Waals surface area contributed by atoms with E-state index >= 15 is 0 Å². The van der Waals surface area contributed by atoms with Crippen LogP contribution in [0.15, 0.2) is 48.7 Å². The maximum atomic E-state index is 9.75. The average Bonchev–Trinajstić information content (AvgIpc) is 3.30. The Morgan fingerprint density at radius 2 is 2.03 bits per heavy atom. The molecule has 6 heteroatoms. The van der Waals surface area contributed by atoms with Crippen molar-refractivity contribution >= 4 is 54.4 Å². The van der Waals surface area contributed by atoms with Gasteiger partial charge in [0.25, 0.3) is 0 Å². The van der Waals surface area contributed by atoms with Gasteiger partial charge in [-0.15, -0.1) is 11.3 Å². The second-order valence-electron chi connectivity index (χ2n) is 8.69. The Hall–Kier alpha value is -1.68. The number of nitrogens with zero attached hydrogens (tertiary/aromatic N) is 2. The van der Waals surface area contributed by atoms with E-state index in [9.17, 15) is 5.26 Å². The first-order valence-corrected chi connectivity index (χ1v) is 12.3. The molecule has 0 saturated carbocycles.